The van der Waals surface area contributed by atoms with Gasteiger partial charge in [-0.25, -0.2) is 0 Å². The molecule has 0 atom stereocenters. The number of hydrogen-bond donors (Lipinski definition) is 1. The highest BCUT2D eigenvalue weighted by atomic mass is 35.5. The Morgan fingerprint density at radius 1 is 1.30 bits per heavy atom. The number of halogens is 2. The lowest BCUT2D eigenvalue weighted by Crippen LogP contribution is -2.03. The van der Waals surface area contributed by atoms with Gasteiger partial charge in [0.05, 0.1) is 13.2 Å². The maximum Gasteiger partial charge on any atom is 0.305 e. The van der Waals surface area contributed by atoms with Crippen molar-refractivity contribution in [3.63, 3.8) is 0 Å². The molecule has 0 unspecified atom stereocenters. The molecule has 1 rings (SSSR count). The van der Waals surface area contributed by atoms with E-state index in [-0.39, 0.29) is 12.6 Å². The normalized spacial score (nSPS) is 10.4. The summed E-state index contributed by atoms with van der Waals surface area (Å²) in [7, 11) is 0. The van der Waals surface area contributed by atoms with Gasteiger partial charge < -0.3 is 9.84 Å². The van der Waals surface area contributed by atoms with Gasteiger partial charge in [0.25, 0.3) is 0 Å². The van der Waals surface area contributed by atoms with Crippen LogP contribution in [-0.4, -0.2) is 17.7 Å². The molecule has 0 amide bonds. The van der Waals surface area contributed by atoms with E-state index in [1.807, 2.05) is 0 Å². The zero-order chi connectivity index (χ0) is 15.1. The molecule has 0 aliphatic rings. The zero-order valence-electron chi connectivity index (χ0n) is 11.4. The predicted octanol–water partition coefficient (Wildman–Crippen LogP) is 4.23. The maximum absolute atomic E-state index is 11.2. The van der Waals surface area contributed by atoms with Crippen molar-refractivity contribution >= 4 is 34.7 Å². The van der Waals surface area contributed by atoms with Crippen LogP contribution in [0.5, 0.6) is 0 Å². The Labute approximate surface area is 129 Å². The molecule has 0 heterocycles. The number of carbonyl (C=O) groups is 1. The van der Waals surface area contributed by atoms with Crippen molar-refractivity contribution in [2.45, 2.75) is 32.8 Å². The largest absolute Gasteiger partial charge is 0.466 e. The highest BCUT2D eigenvalue weighted by Crippen LogP contribution is 2.31. The number of esters is 1. The van der Waals surface area contributed by atoms with E-state index >= 15 is 0 Å². The first kappa shape index (κ1) is 17.0. The summed E-state index contributed by atoms with van der Waals surface area (Å²) < 4.78 is 4.86. The predicted molar refractivity (Wildman–Crippen MR) is 81.9 cm³/mol. The van der Waals surface area contributed by atoms with Gasteiger partial charge in [-0.15, -0.1) is 0 Å². The molecule has 110 valence electrons. The van der Waals surface area contributed by atoms with E-state index in [9.17, 15) is 4.79 Å². The number of hydrogen-bond acceptors (Lipinski definition) is 3. The minimum absolute atomic E-state index is 0.159. The summed E-state index contributed by atoms with van der Waals surface area (Å²) >= 11 is 12.2. The molecule has 0 fully saturated rings. The summed E-state index contributed by atoms with van der Waals surface area (Å²) in [5.41, 5.74) is 2.14. The minimum atomic E-state index is -0.208. The fraction of sp³-hybridized carbons (Fsp3) is 0.400. The van der Waals surface area contributed by atoms with Gasteiger partial charge in [-0.05, 0) is 48.6 Å². The van der Waals surface area contributed by atoms with Crippen LogP contribution in [0.3, 0.4) is 0 Å². The molecule has 5 heteroatoms. The molecule has 0 saturated carbocycles. The molecular formula is C15H18Cl2O3. The highest BCUT2D eigenvalue weighted by molar-refractivity contribution is 6.35. The van der Waals surface area contributed by atoms with Crippen LogP contribution in [0.4, 0.5) is 0 Å². The Balaban J connectivity index is 2.64. The number of allylic oxidation sites excluding steroid dienone is 1. The van der Waals surface area contributed by atoms with E-state index in [1.54, 1.807) is 19.1 Å². The van der Waals surface area contributed by atoms with Crippen LogP contribution < -0.4 is 0 Å². The Morgan fingerprint density at radius 2 is 2.00 bits per heavy atom. The first-order chi connectivity index (χ1) is 9.49. The van der Waals surface area contributed by atoms with E-state index in [0.717, 1.165) is 11.1 Å². The summed E-state index contributed by atoms with van der Waals surface area (Å²) in [6.45, 7) is 5.98. The molecule has 1 aromatic rings. The third-order valence-corrected chi connectivity index (χ3v) is 3.52. The van der Waals surface area contributed by atoms with Crippen LogP contribution in [0.1, 0.15) is 37.3 Å². The minimum Gasteiger partial charge on any atom is -0.466 e. The van der Waals surface area contributed by atoms with Crippen molar-refractivity contribution < 1.29 is 14.6 Å². The van der Waals surface area contributed by atoms with Gasteiger partial charge in [-0.2, -0.15) is 0 Å². The van der Waals surface area contributed by atoms with Crippen LogP contribution in [0.25, 0.3) is 5.57 Å². The molecule has 1 aromatic carbocycles. The Morgan fingerprint density at radius 3 is 2.60 bits per heavy atom. The lowest BCUT2D eigenvalue weighted by atomic mass is 10.0. The zero-order valence-corrected chi connectivity index (χ0v) is 12.9. The molecule has 20 heavy (non-hydrogen) atoms. The van der Waals surface area contributed by atoms with E-state index in [0.29, 0.717) is 41.5 Å². The quantitative estimate of drug-likeness (QED) is 0.765. The maximum atomic E-state index is 11.2. The van der Waals surface area contributed by atoms with Crippen LogP contribution in [0.15, 0.2) is 18.7 Å². The number of benzene rings is 1. The monoisotopic (exact) mass is 316 g/mol. The number of aliphatic hydroxyl groups is 1. The first-order valence-corrected chi connectivity index (χ1v) is 7.17. The molecule has 0 aromatic heterocycles. The Bertz CT molecular complexity index is 498. The van der Waals surface area contributed by atoms with E-state index in [1.165, 1.54) is 0 Å². The van der Waals surface area contributed by atoms with Crippen LogP contribution in [0.2, 0.25) is 10.0 Å². The highest BCUT2D eigenvalue weighted by Gasteiger charge is 2.10. The molecule has 0 radical (unpaired) electrons. The first-order valence-electron chi connectivity index (χ1n) is 6.42. The summed E-state index contributed by atoms with van der Waals surface area (Å²) in [4.78, 5) is 11.2. The van der Waals surface area contributed by atoms with Crippen LogP contribution >= 0.6 is 23.2 Å². The Kier molecular flexibility index (Phi) is 7.06. The second-order valence-electron chi connectivity index (χ2n) is 4.34. The van der Waals surface area contributed by atoms with Gasteiger partial charge >= 0.3 is 5.97 Å². The summed E-state index contributed by atoms with van der Waals surface area (Å²) in [5.74, 6) is -0.208. The van der Waals surface area contributed by atoms with Gasteiger partial charge in [-0.1, -0.05) is 29.8 Å². The third-order valence-electron chi connectivity index (χ3n) is 2.85. The lowest BCUT2D eigenvalue weighted by Gasteiger charge is -2.11. The lowest BCUT2D eigenvalue weighted by molar-refractivity contribution is -0.143. The summed E-state index contributed by atoms with van der Waals surface area (Å²) in [5, 5.41) is 10.1. The summed E-state index contributed by atoms with van der Waals surface area (Å²) in [6, 6.07) is 3.33. The second-order valence-corrected chi connectivity index (χ2v) is 5.16. The number of carbonyl (C=O) groups excluding carboxylic acids is 1. The Hall–Kier alpha value is -1.03. The fourth-order valence-electron chi connectivity index (χ4n) is 1.79. The molecule has 0 spiro atoms. The SMILES string of the molecule is C=C(CCCC(=O)OCC)c1cc(Cl)c(CO)cc1Cl. The molecule has 0 saturated heterocycles. The molecular weight excluding hydrogens is 299 g/mol. The molecule has 0 aliphatic heterocycles. The van der Waals surface area contributed by atoms with Gasteiger partial charge in [0.2, 0.25) is 0 Å². The summed E-state index contributed by atoms with van der Waals surface area (Å²) in [6.07, 6.45) is 1.63. The second kappa shape index (κ2) is 8.30. The third kappa shape index (κ3) is 4.82. The van der Waals surface area contributed by atoms with Gasteiger partial charge in [-0.3, -0.25) is 4.79 Å². The average Bonchev–Trinajstić information content (AvgIpc) is 2.41. The van der Waals surface area contributed by atoms with E-state index in [4.69, 9.17) is 33.0 Å². The van der Waals surface area contributed by atoms with Gasteiger partial charge in [0.15, 0.2) is 0 Å². The van der Waals surface area contributed by atoms with E-state index in [2.05, 4.69) is 6.58 Å². The van der Waals surface area contributed by atoms with Crippen molar-refractivity contribution in [1.82, 2.24) is 0 Å². The average molecular weight is 317 g/mol. The number of rotatable bonds is 7. The van der Waals surface area contributed by atoms with Crippen molar-refractivity contribution in [2.24, 2.45) is 0 Å². The topological polar surface area (TPSA) is 46.5 Å². The molecule has 0 aliphatic carbocycles. The van der Waals surface area contributed by atoms with Crippen molar-refractivity contribution in [1.29, 1.82) is 0 Å². The van der Waals surface area contributed by atoms with Crippen molar-refractivity contribution in [3.05, 3.63) is 39.9 Å². The standard InChI is InChI=1S/C15H18Cl2O3/c1-3-20-15(19)6-4-5-10(2)12-8-13(16)11(9-18)7-14(12)17/h7-8,18H,2-6,9H2,1H3. The van der Waals surface area contributed by atoms with Crippen molar-refractivity contribution in [3.8, 4) is 0 Å². The number of ether oxygens (including phenoxy) is 1. The molecule has 1 N–H and O–H groups in total. The molecule has 3 nitrogen and oxygen atoms in total. The number of aliphatic hydroxyl groups excluding tert-OH is 1. The van der Waals surface area contributed by atoms with Gasteiger partial charge in [0, 0.05) is 16.5 Å². The van der Waals surface area contributed by atoms with Crippen molar-refractivity contribution in [2.75, 3.05) is 6.61 Å². The molecule has 0 bridgehead atoms. The van der Waals surface area contributed by atoms with Crippen LogP contribution in [-0.2, 0) is 16.1 Å². The smallest absolute Gasteiger partial charge is 0.305 e. The fourth-order valence-corrected chi connectivity index (χ4v) is 2.34. The van der Waals surface area contributed by atoms with Crippen LogP contribution in [0, 0.1) is 0 Å². The van der Waals surface area contributed by atoms with E-state index < -0.39 is 0 Å². The van der Waals surface area contributed by atoms with Gasteiger partial charge in [0.1, 0.15) is 0 Å².